The fourth-order valence-electron chi connectivity index (χ4n) is 3.37. The second-order valence-corrected chi connectivity index (χ2v) is 6.59. The number of nitrogens with one attached hydrogen (secondary N) is 2. The lowest BCUT2D eigenvalue weighted by Gasteiger charge is -2.27. The van der Waals surface area contributed by atoms with Crippen molar-refractivity contribution in [2.75, 3.05) is 6.54 Å². The van der Waals surface area contributed by atoms with E-state index in [4.69, 9.17) is 12.2 Å². The molecule has 23 heavy (non-hydrogen) atoms. The summed E-state index contributed by atoms with van der Waals surface area (Å²) in [6.45, 7) is 7.42. The average molecular weight is 328 g/mol. The van der Waals surface area contributed by atoms with Gasteiger partial charge < -0.3 is 15.2 Å². The van der Waals surface area contributed by atoms with Gasteiger partial charge in [-0.2, -0.15) is 0 Å². The molecule has 2 aromatic rings. The molecule has 1 aliphatic heterocycles. The maximum atomic E-state index is 5.63. The summed E-state index contributed by atoms with van der Waals surface area (Å²) in [5, 5.41) is 4.33. The smallest absolute Gasteiger partial charge is 0.170 e. The molecule has 0 unspecified atom stereocenters. The Labute approximate surface area is 143 Å². The van der Waals surface area contributed by atoms with Crippen LogP contribution in [0.2, 0.25) is 0 Å². The topological polar surface area (TPSA) is 44.0 Å². The Morgan fingerprint density at radius 3 is 2.74 bits per heavy atom. The summed E-state index contributed by atoms with van der Waals surface area (Å²) in [5.74, 6) is 0. The highest BCUT2D eigenvalue weighted by atomic mass is 32.1. The maximum absolute atomic E-state index is 5.63. The zero-order valence-electron chi connectivity index (χ0n) is 14.0. The number of aromatic nitrogens is 2. The van der Waals surface area contributed by atoms with Crippen LogP contribution in [0.3, 0.4) is 0 Å². The lowest BCUT2D eigenvalue weighted by Crippen LogP contribution is -2.30. The average Bonchev–Trinajstić information content (AvgIpc) is 3.05. The zero-order valence-corrected chi connectivity index (χ0v) is 14.8. The van der Waals surface area contributed by atoms with E-state index in [9.17, 15) is 0 Å². The number of thiocarbonyl (C=S) groups is 1. The van der Waals surface area contributed by atoms with Gasteiger partial charge in [0.25, 0.3) is 0 Å². The van der Waals surface area contributed by atoms with E-state index >= 15 is 0 Å². The van der Waals surface area contributed by atoms with Crippen molar-refractivity contribution in [2.24, 2.45) is 0 Å². The molecule has 0 aliphatic carbocycles. The number of unbranched alkanes of at least 4 members (excludes halogenated alkanes) is 1. The number of hydrogen-bond acceptors (Lipinski definition) is 2. The third-order valence-electron chi connectivity index (χ3n) is 4.46. The van der Waals surface area contributed by atoms with Crippen LogP contribution in [0, 0.1) is 13.8 Å². The summed E-state index contributed by atoms with van der Waals surface area (Å²) in [6.07, 6.45) is 4.14. The molecule has 1 fully saturated rings. The van der Waals surface area contributed by atoms with Crippen LogP contribution in [-0.4, -0.2) is 26.5 Å². The molecule has 0 amide bonds. The molecule has 0 radical (unpaired) electrons. The SMILES string of the molecule is CCCCN1C(=S)N[C@H](c2ccccn2)[C@@H]1c1cc(C)[nH]c1C. The zero-order chi connectivity index (χ0) is 16.4. The fraction of sp³-hybridized carbons (Fsp3) is 0.444. The van der Waals surface area contributed by atoms with Crippen LogP contribution < -0.4 is 5.32 Å². The van der Waals surface area contributed by atoms with Gasteiger partial charge in [-0.1, -0.05) is 19.4 Å². The highest BCUT2D eigenvalue weighted by Gasteiger charge is 2.40. The van der Waals surface area contributed by atoms with Crippen LogP contribution in [0.5, 0.6) is 0 Å². The van der Waals surface area contributed by atoms with Gasteiger partial charge in [0.2, 0.25) is 0 Å². The number of H-pyrrole nitrogens is 1. The van der Waals surface area contributed by atoms with E-state index in [2.05, 4.69) is 53.1 Å². The second-order valence-electron chi connectivity index (χ2n) is 6.21. The molecule has 2 N–H and O–H groups in total. The molecule has 0 saturated carbocycles. The van der Waals surface area contributed by atoms with Gasteiger partial charge in [-0.3, -0.25) is 4.98 Å². The number of aromatic amines is 1. The first-order valence-electron chi connectivity index (χ1n) is 8.26. The molecule has 3 rings (SSSR count). The predicted molar refractivity (Wildman–Crippen MR) is 97.3 cm³/mol. The molecule has 1 aliphatic rings. The molecule has 4 nitrogen and oxygen atoms in total. The molecule has 0 bridgehead atoms. The van der Waals surface area contributed by atoms with Crippen molar-refractivity contribution in [1.29, 1.82) is 0 Å². The van der Waals surface area contributed by atoms with Crippen LogP contribution in [-0.2, 0) is 0 Å². The molecule has 2 aromatic heterocycles. The third-order valence-corrected chi connectivity index (χ3v) is 4.81. The largest absolute Gasteiger partial charge is 0.362 e. The fourth-order valence-corrected chi connectivity index (χ4v) is 3.70. The Morgan fingerprint density at radius 1 is 1.30 bits per heavy atom. The van der Waals surface area contributed by atoms with Crippen LogP contribution in [0.25, 0.3) is 0 Å². The number of rotatable bonds is 5. The molecule has 3 heterocycles. The lowest BCUT2D eigenvalue weighted by molar-refractivity contribution is 0.312. The lowest BCUT2D eigenvalue weighted by atomic mass is 9.96. The van der Waals surface area contributed by atoms with Crippen LogP contribution >= 0.6 is 12.2 Å². The minimum absolute atomic E-state index is 0.0921. The number of hydrogen-bond donors (Lipinski definition) is 2. The standard InChI is InChI=1S/C18H24N4S/c1-4-5-10-22-17(14-11-12(2)20-13(14)3)16(21-18(22)23)15-8-6-7-9-19-15/h6-9,11,16-17,20H,4-5,10H2,1-3H3,(H,21,23)/t16-,17+/m1/s1. The van der Waals surface area contributed by atoms with E-state index in [1.807, 2.05) is 18.3 Å². The highest BCUT2D eigenvalue weighted by molar-refractivity contribution is 7.80. The number of nitrogens with zero attached hydrogens (tertiary/aromatic N) is 2. The van der Waals surface area contributed by atoms with Gasteiger partial charge in [0.15, 0.2) is 5.11 Å². The van der Waals surface area contributed by atoms with Crippen molar-refractivity contribution in [2.45, 2.75) is 45.7 Å². The molecule has 122 valence electrons. The van der Waals surface area contributed by atoms with Crippen molar-refractivity contribution >= 4 is 17.3 Å². The number of pyridine rings is 1. The Kier molecular flexibility index (Phi) is 4.66. The summed E-state index contributed by atoms with van der Waals surface area (Å²) in [6, 6.07) is 8.58. The van der Waals surface area contributed by atoms with E-state index < -0.39 is 0 Å². The Balaban J connectivity index is 2.01. The normalized spacial score (nSPS) is 20.8. The van der Waals surface area contributed by atoms with Crippen LogP contribution in [0.15, 0.2) is 30.5 Å². The Bertz CT molecular complexity index is 680. The molecular weight excluding hydrogens is 304 g/mol. The van der Waals surface area contributed by atoms with Crippen molar-refractivity contribution in [3.8, 4) is 0 Å². The van der Waals surface area contributed by atoms with E-state index in [0.717, 1.165) is 30.2 Å². The summed E-state index contributed by atoms with van der Waals surface area (Å²) in [7, 11) is 0. The molecule has 0 aromatic carbocycles. The van der Waals surface area contributed by atoms with Gasteiger partial charge in [0, 0.05) is 24.1 Å². The van der Waals surface area contributed by atoms with Gasteiger partial charge in [0.1, 0.15) is 0 Å². The molecular formula is C18H24N4S. The molecule has 2 atom stereocenters. The van der Waals surface area contributed by atoms with E-state index in [0.29, 0.717) is 0 Å². The quantitative estimate of drug-likeness (QED) is 0.820. The van der Waals surface area contributed by atoms with Crippen molar-refractivity contribution in [3.63, 3.8) is 0 Å². The van der Waals surface area contributed by atoms with Crippen LogP contribution in [0.1, 0.15) is 54.5 Å². The summed E-state index contributed by atoms with van der Waals surface area (Å²) >= 11 is 5.63. The van der Waals surface area contributed by atoms with Gasteiger partial charge in [0.05, 0.1) is 17.8 Å². The Morgan fingerprint density at radius 2 is 2.13 bits per heavy atom. The first-order valence-corrected chi connectivity index (χ1v) is 8.66. The molecule has 5 heteroatoms. The first-order chi connectivity index (χ1) is 11.1. The van der Waals surface area contributed by atoms with E-state index in [1.54, 1.807) is 0 Å². The third kappa shape index (κ3) is 3.11. The second kappa shape index (κ2) is 6.71. The van der Waals surface area contributed by atoms with Crippen molar-refractivity contribution in [1.82, 2.24) is 20.2 Å². The Hall–Kier alpha value is -1.88. The highest BCUT2D eigenvalue weighted by Crippen LogP contribution is 2.40. The van der Waals surface area contributed by atoms with E-state index in [1.165, 1.54) is 17.0 Å². The monoisotopic (exact) mass is 328 g/mol. The maximum Gasteiger partial charge on any atom is 0.170 e. The summed E-state index contributed by atoms with van der Waals surface area (Å²) in [4.78, 5) is 10.3. The first kappa shape index (κ1) is 16.0. The van der Waals surface area contributed by atoms with Crippen molar-refractivity contribution in [3.05, 3.63) is 53.1 Å². The van der Waals surface area contributed by atoms with E-state index in [-0.39, 0.29) is 12.1 Å². The molecule has 1 saturated heterocycles. The summed E-state index contributed by atoms with van der Waals surface area (Å²) in [5.41, 5.74) is 4.74. The minimum atomic E-state index is 0.0921. The number of aryl methyl sites for hydroxylation is 2. The molecule has 0 spiro atoms. The van der Waals surface area contributed by atoms with Gasteiger partial charge in [-0.05, 0) is 56.2 Å². The van der Waals surface area contributed by atoms with Crippen molar-refractivity contribution < 1.29 is 0 Å². The summed E-state index contributed by atoms with van der Waals surface area (Å²) < 4.78 is 0. The minimum Gasteiger partial charge on any atom is -0.362 e. The van der Waals surface area contributed by atoms with Gasteiger partial charge >= 0.3 is 0 Å². The van der Waals surface area contributed by atoms with Crippen LogP contribution in [0.4, 0.5) is 0 Å². The predicted octanol–water partition coefficient (Wildman–Crippen LogP) is 3.80. The van der Waals surface area contributed by atoms with Gasteiger partial charge in [-0.15, -0.1) is 0 Å². The van der Waals surface area contributed by atoms with Gasteiger partial charge in [-0.25, -0.2) is 0 Å².